The molecule has 0 saturated heterocycles. The molecule has 0 atom stereocenters. The van der Waals surface area contributed by atoms with Crippen molar-refractivity contribution in [1.29, 1.82) is 0 Å². The predicted molar refractivity (Wildman–Crippen MR) is 108 cm³/mol. The van der Waals surface area contributed by atoms with Crippen LogP contribution >= 0.6 is 11.8 Å². The summed E-state index contributed by atoms with van der Waals surface area (Å²) in [4.78, 5) is 13.3. The zero-order valence-electron chi connectivity index (χ0n) is 14.4. The molecule has 0 aliphatic carbocycles. The fourth-order valence-electron chi connectivity index (χ4n) is 2.43. The fraction of sp³-hybridized carbons (Fsp3) is 0.0952. The van der Waals surface area contributed by atoms with Gasteiger partial charge in [0, 0.05) is 16.3 Å². The van der Waals surface area contributed by atoms with E-state index in [1.165, 1.54) is 0 Å². The Morgan fingerprint density at radius 3 is 2.50 bits per heavy atom. The Balaban J connectivity index is 1.65. The number of amides is 2. The minimum Gasteiger partial charge on any atom is -0.497 e. The van der Waals surface area contributed by atoms with Gasteiger partial charge in [-0.2, -0.15) is 0 Å². The van der Waals surface area contributed by atoms with Gasteiger partial charge in [0.25, 0.3) is 0 Å². The number of para-hydroxylation sites is 2. The van der Waals surface area contributed by atoms with Crippen LogP contribution in [0.4, 0.5) is 16.2 Å². The van der Waals surface area contributed by atoms with Crippen molar-refractivity contribution in [2.24, 2.45) is 0 Å². The lowest BCUT2D eigenvalue weighted by atomic mass is 10.2. The van der Waals surface area contributed by atoms with Crippen LogP contribution in [0.5, 0.6) is 5.75 Å². The Kier molecular flexibility index (Phi) is 6.17. The second kappa shape index (κ2) is 8.97. The molecule has 0 aliphatic rings. The number of rotatable bonds is 6. The SMILES string of the molecule is COc1cccc(CSc2ccccc2NC(=O)Nc2ccccc2)c1. The average molecular weight is 364 g/mol. The van der Waals surface area contributed by atoms with Crippen molar-refractivity contribution in [2.45, 2.75) is 10.6 Å². The number of nitrogens with one attached hydrogen (secondary N) is 2. The molecule has 26 heavy (non-hydrogen) atoms. The van der Waals surface area contributed by atoms with Crippen LogP contribution in [-0.2, 0) is 5.75 Å². The molecule has 0 aromatic heterocycles. The zero-order valence-corrected chi connectivity index (χ0v) is 15.3. The monoisotopic (exact) mass is 364 g/mol. The smallest absolute Gasteiger partial charge is 0.323 e. The topological polar surface area (TPSA) is 50.4 Å². The van der Waals surface area contributed by atoms with Crippen molar-refractivity contribution in [3.05, 3.63) is 84.4 Å². The van der Waals surface area contributed by atoms with E-state index in [1.54, 1.807) is 18.9 Å². The van der Waals surface area contributed by atoms with E-state index in [9.17, 15) is 4.79 Å². The minimum absolute atomic E-state index is 0.259. The van der Waals surface area contributed by atoms with Crippen LogP contribution in [-0.4, -0.2) is 13.1 Å². The number of hydrogen-bond acceptors (Lipinski definition) is 3. The van der Waals surface area contributed by atoms with Gasteiger partial charge in [-0.15, -0.1) is 11.8 Å². The predicted octanol–water partition coefficient (Wildman–Crippen LogP) is 5.63. The maximum absolute atomic E-state index is 12.2. The normalized spacial score (nSPS) is 10.2. The summed E-state index contributed by atoms with van der Waals surface area (Å²) in [6.07, 6.45) is 0. The van der Waals surface area contributed by atoms with E-state index in [0.717, 1.165) is 33.3 Å². The lowest BCUT2D eigenvalue weighted by molar-refractivity contribution is 0.262. The Labute approximate surface area is 157 Å². The van der Waals surface area contributed by atoms with Crippen LogP contribution in [0, 0.1) is 0 Å². The van der Waals surface area contributed by atoms with Gasteiger partial charge >= 0.3 is 6.03 Å². The molecule has 0 unspecified atom stereocenters. The summed E-state index contributed by atoms with van der Waals surface area (Å²) >= 11 is 1.67. The Morgan fingerprint density at radius 1 is 0.923 bits per heavy atom. The quantitative estimate of drug-likeness (QED) is 0.557. The number of methoxy groups -OCH3 is 1. The molecule has 3 rings (SSSR count). The number of ether oxygens (including phenoxy) is 1. The Morgan fingerprint density at radius 2 is 1.69 bits per heavy atom. The molecule has 0 bridgehead atoms. The van der Waals surface area contributed by atoms with Crippen LogP contribution in [0.2, 0.25) is 0 Å². The Bertz CT molecular complexity index is 869. The van der Waals surface area contributed by atoms with Crippen molar-refractivity contribution in [2.75, 3.05) is 17.7 Å². The number of benzene rings is 3. The van der Waals surface area contributed by atoms with E-state index in [1.807, 2.05) is 72.8 Å². The summed E-state index contributed by atoms with van der Waals surface area (Å²) < 4.78 is 5.27. The maximum Gasteiger partial charge on any atom is 0.323 e. The van der Waals surface area contributed by atoms with Crippen molar-refractivity contribution < 1.29 is 9.53 Å². The van der Waals surface area contributed by atoms with Gasteiger partial charge in [-0.25, -0.2) is 4.79 Å². The van der Waals surface area contributed by atoms with Crippen LogP contribution < -0.4 is 15.4 Å². The van der Waals surface area contributed by atoms with E-state index < -0.39 is 0 Å². The largest absolute Gasteiger partial charge is 0.497 e. The molecule has 3 aromatic rings. The van der Waals surface area contributed by atoms with Gasteiger partial charge in [0.05, 0.1) is 12.8 Å². The number of hydrogen-bond donors (Lipinski definition) is 2. The number of carbonyl (C=O) groups excluding carboxylic acids is 1. The van der Waals surface area contributed by atoms with Crippen molar-refractivity contribution in [1.82, 2.24) is 0 Å². The summed E-state index contributed by atoms with van der Waals surface area (Å²) in [6, 6.07) is 24.9. The third kappa shape index (κ3) is 5.04. The third-order valence-corrected chi connectivity index (χ3v) is 4.84. The molecule has 0 radical (unpaired) electrons. The maximum atomic E-state index is 12.2. The lowest BCUT2D eigenvalue weighted by Crippen LogP contribution is -2.19. The van der Waals surface area contributed by atoms with Gasteiger partial charge in [-0.05, 0) is 42.0 Å². The molecule has 5 heteroatoms. The first kappa shape index (κ1) is 17.9. The first-order valence-corrected chi connectivity index (χ1v) is 9.21. The van der Waals surface area contributed by atoms with Gasteiger partial charge < -0.3 is 15.4 Å². The summed E-state index contributed by atoms with van der Waals surface area (Å²) in [5.74, 6) is 1.63. The number of carbonyl (C=O) groups is 1. The van der Waals surface area contributed by atoms with Gasteiger partial charge in [-0.1, -0.05) is 42.5 Å². The Hall–Kier alpha value is -2.92. The number of urea groups is 1. The van der Waals surface area contributed by atoms with Gasteiger partial charge in [0.1, 0.15) is 5.75 Å². The fourth-order valence-corrected chi connectivity index (χ4v) is 3.38. The molecule has 0 aliphatic heterocycles. The highest BCUT2D eigenvalue weighted by Crippen LogP contribution is 2.30. The summed E-state index contributed by atoms with van der Waals surface area (Å²) in [5, 5.41) is 5.75. The van der Waals surface area contributed by atoms with Gasteiger partial charge in [0.2, 0.25) is 0 Å². The summed E-state index contributed by atoms with van der Waals surface area (Å²) in [7, 11) is 1.66. The van der Waals surface area contributed by atoms with Gasteiger partial charge in [0.15, 0.2) is 0 Å². The molecule has 0 heterocycles. The van der Waals surface area contributed by atoms with Crippen molar-refractivity contribution in [3.63, 3.8) is 0 Å². The lowest BCUT2D eigenvalue weighted by Gasteiger charge is -2.12. The molecule has 0 fully saturated rings. The van der Waals surface area contributed by atoms with Crippen LogP contribution in [0.25, 0.3) is 0 Å². The zero-order chi connectivity index (χ0) is 18.2. The van der Waals surface area contributed by atoms with Crippen molar-refractivity contribution >= 4 is 29.2 Å². The molecule has 132 valence electrons. The van der Waals surface area contributed by atoms with E-state index >= 15 is 0 Å². The molecule has 0 spiro atoms. The summed E-state index contributed by atoms with van der Waals surface area (Å²) in [6.45, 7) is 0. The van der Waals surface area contributed by atoms with E-state index in [-0.39, 0.29) is 6.03 Å². The third-order valence-electron chi connectivity index (χ3n) is 3.70. The highest BCUT2D eigenvalue weighted by Gasteiger charge is 2.08. The van der Waals surface area contributed by atoms with Crippen LogP contribution in [0.3, 0.4) is 0 Å². The highest BCUT2D eigenvalue weighted by atomic mass is 32.2. The highest BCUT2D eigenvalue weighted by molar-refractivity contribution is 7.98. The second-order valence-corrected chi connectivity index (χ2v) is 6.60. The molecule has 4 nitrogen and oxygen atoms in total. The first-order chi connectivity index (χ1) is 12.7. The molecule has 2 amide bonds. The van der Waals surface area contributed by atoms with Crippen molar-refractivity contribution in [3.8, 4) is 5.75 Å². The van der Waals surface area contributed by atoms with E-state index in [0.29, 0.717) is 0 Å². The van der Waals surface area contributed by atoms with Gasteiger partial charge in [-0.3, -0.25) is 0 Å². The minimum atomic E-state index is -0.259. The van der Waals surface area contributed by atoms with E-state index in [2.05, 4.69) is 16.7 Å². The van der Waals surface area contributed by atoms with E-state index in [4.69, 9.17) is 4.74 Å². The standard InChI is InChI=1S/C21H20N2O2S/c1-25-18-11-7-8-16(14-18)15-26-20-13-6-5-12-19(20)23-21(24)22-17-9-3-2-4-10-17/h2-14H,15H2,1H3,(H2,22,23,24). The average Bonchev–Trinajstić information content (AvgIpc) is 2.68. The summed E-state index contributed by atoms with van der Waals surface area (Å²) in [5.41, 5.74) is 2.71. The van der Waals surface area contributed by atoms with Crippen LogP contribution in [0.15, 0.2) is 83.8 Å². The number of anilines is 2. The first-order valence-electron chi connectivity index (χ1n) is 8.22. The van der Waals surface area contributed by atoms with Crippen LogP contribution in [0.1, 0.15) is 5.56 Å². The number of thioether (sulfide) groups is 1. The second-order valence-electron chi connectivity index (χ2n) is 5.58. The molecular weight excluding hydrogens is 344 g/mol. The molecular formula is C21H20N2O2S. The molecule has 2 N–H and O–H groups in total. The molecule has 3 aromatic carbocycles. The molecule has 0 saturated carbocycles.